The standard InChI is InChI=1S/C21H21N3O2/c1-15-6-8-16(9-7-15)12-23-19-10-17(13-22-14-19)21(25)24-18-4-3-5-20(11-18)26-2/h3-11,13-14,23H,12H2,1-2H3,(H,24,25). The van der Waals surface area contributed by atoms with Gasteiger partial charge in [0.2, 0.25) is 0 Å². The van der Waals surface area contributed by atoms with Crippen molar-refractivity contribution in [2.24, 2.45) is 0 Å². The van der Waals surface area contributed by atoms with Crippen molar-refractivity contribution in [1.82, 2.24) is 4.98 Å². The minimum atomic E-state index is -0.218. The first kappa shape index (κ1) is 17.5. The van der Waals surface area contributed by atoms with Crippen LogP contribution in [-0.4, -0.2) is 18.0 Å². The highest BCUT2D eigenvalue weighted by Crippen LogP contribution is 2.18. The van der Waals surface area contributed by atoms with Crippen molar-refractivity contribution in [3.63, 3.8) is 0 Å². The number of carbonyl (C=O) groups is 1. The molecule has 0 spiro atoms. The Morgan fingerprint density at radius 1 is 1.04 bits per heavy atom. The first-order valence-electron chi connectivity index (χ1n) is 8.34. The van der Waals surface area contributed by atoms with Crippen molar-refractivity contribution >= 4 is 17.3 Å². The zero-order valence-electron chi connectivity index (χ0n) is 14.8. The van der Waals surface area contributed by atoms with Gasteiger partial charge in [0.1, 0.15) is 5.75 Å². The minimum Gasteiger partial charge on any atom is -0.497 e. The van der Waals surface area contributed by atoms with Gasteiger partial charge in [-0.25, -0.2) is 0 Å². The fourth-order valence-corrected chi connectivity index (χ4v) is 2.47. The van der Waals surface area contributed by atoms with Crippen molar-refractivity contribution < 1.29 is 9.53 Å². The number of aryl methyl sites for hydroxylation is 1. The van der Waals surface area contributed by atoms with Gasteiger partial charge in [-0.2, -0.15) is 0 Å². The van der Waals surface area contributed by atoms with Gasteiger partial charge in [-0.05, 0) is 30.7 Å². The number of hydrogen-bond donors (Lipinski definition) is 2. The van der Waals surface area contributed by atoms with Crippen molar-refractivity contribution in [1.29, 1.82) is 0 Å². The van der Waals surface area contributed by atoms with Crippen molar-refractivity contribution in [2.45, 2.75) is 13.5 Å². The van der Waals surface area contributed by atoms with E-state index in [0.29, 0.717) is 23.5 Å². The largest absolute Gasteiger partial charge is 0.497 e. The van der Waals surface area contributed by atoms with Crippen LogP contribution in [0.3, 0.4) is 0 Å². The average molecular weight is 347 g/mol. The highest BCUT2D eigenvalue weighted by Gasteiger charge is 2.08. The lowest BCUT2D eigenvalue weighted by Gasteiger charge is -2.09. The number of hydrogen-bond acceptors (Lipinski definition) is 4. The van der Waals surface area contributed by atoms with Crippen LogP contribution in [0.2, 0.25) is 0 Å². The number of benzene rings is 2. The molecule has 5 heteroatoms. The van der Waals surface area contributed by atoms with Crippen LogP contribution in [0.4, 0.5) is 11.4 Å². The summed E-state index contributed by atoms with van der Waals surface area (Å²) in [6, 6.07) is 17.3. The molecule has 3 rings (SSSR count). The predicted molar refractivity (Wildman–Crippen MR) is 104 cm³/mol. The summed E-state index contributed by atoms with van der Waals surface area (Å²) in [5.41, 5.74) is 4.35. The summed E-state index contributed by atoms with van der Waals surface area (Å²) >= 11 is 0. The Balaban J connectivity index is 1.65. The van der Waals surface area contributed by atoms with E-state index in [-0.39, 0.29) is 5.91 Å². The molecule has 0 aliphatic carbocycles. The predicted octanol–water partition coefficient (Wildman–Crippen LogP) is 4.26. The van der Waals surface area contributed by atoms with E-state index in [9.17, 15) is 4.79 Å². The molecule has 0 atom stereocenters. The van der Waals surface area contributed by atoms with Gasteiger partial charge in [-0.3, -0.25) is 9.78 Å². The second kappa shape index (κ2) is 8.16. The van der Waals surface area contributed by atoms with Crippen LogP contribution < -0.4 is 15.4 Å². The van der Waals surface area contributed by atoms with E-state index in [1.54, 1.807) is 31.6 Å². The molecule has 0 saturated carbocycles. The molecule has 26 heavy (non-hydrogen) atoms. The van der Waals surface area contributed by atoms with E-state index in [1.165, 1.54) is 11.1 Å². The zero-order chi connectivity index (χ0) is 18.4. The lowest BCUT2D eigenvalue weighted by Crippen LogP contribution is -2.13. The average Bonchev–Trinajstić information content (AvgIpc) is 2.68. The summed E-state index contributed by atoms with van der Waals surface area (Å²) in [4.78, 5) is 16.6. The number of ether oxygens (including phenoxy) is 1. The maximum absolute atomic E-state index is 12.5. The molecular weight excluding hydrogens is 326 g/mol. The molecule has 0 saturated heterocycles. The molecule has 2 N–H and O–H groups in total. The molecule has 3 aromatic rings. The quantitative estimate of drug-likeness (QED) is 0.699. The lowest BCUT2D eigenvalue weighted by molar-refractivity contribution is 0.102. The number of pyridine rings is 1. The van der Waals surface area contributed by atoms with E-state index in [0.717, 1.165) is 5.69 Å². The number of nitrogens with one attached hydrogen (secondary N) is 2. The van der Waals surface area contributed by atoms with Crippen LogP contribution in [0.15, 0.2) is 67.0 Å². The van der Waals surface area contributed by atoms with E-state index in [4.69, 9.17) is 4.74 Å². The number of anilines is 2. The van der Waals surface area contributed by atoms with Crippen molar-refractivity contribution in [3.05, 3.63) is 83.7 Å². The van der Waals surface area contributed by atoms with E-state index < -0.39 is 0 Å². The fourth-order valence-electron chi connectivity index (χ4n) is 2.47. The van der Waals surface area contributed by atoms with Gasteiger partial charge in [-0.15, -0.1) is 0 Å². The van der Waals surface area contributed by atoms with Gasteiger partial charge >= 0.3 is 0 Å². The number of methoxy groups -OCH3 is 1. The maximum atomic E-state index is 12.5. The Bertz CT molecular complexity index is 892. The number of nitrogens with zero attached hydrogens (tertiary/aromatic N) is 1. The molecule has 0 aliphatic heterocycles. The second-order valence-electron chi connectivity index (χ2n) is 5.99. The first-order valence-corrected chi connectivity index (χ1v) is 8.34. The summed E-state index contributed by atoms with van der Waals surface area (Å²) in [5.74, 6) is 0.471. The van der Waals surface area contributed by atoms with Crippen molar-refractivity contribution in [3.8, 4) is 5.75 Å². The summed E-state index contributed by atoms with van der Waals surface area (Å²) in [6.07, 6.45) is 3.25. The monoisotopic (exact) mass is 347 g/mol. The molecular formula is C21H21N3O2. The number of aromatic nitrogens is 1. The van der Waals surface area contributed by atoms with Gasteiger partial charge < -0.3 is 15.4 Å². The Morgan fingerprint density at radius 3 is 2.62 bits per heavy atom. The Hall–Kier alpha value is -3.34. The van der Waals surface area contributed by atoms with Crippen LogP contribution in [-0.2, 0) is 6.54 Å². The van der Waals surface area contributed by atoms with Crippen LogP contribution >= 0.6 is 0 Å². The molecule has 2 aromatic carbocycles. The molecule has 1 amide bonds. The molecule has 132 valence electrons. The Labute approximate surface area is 153 Å². The van der Waals surface area contributed by atoms with Crippen molar-refractivity contribution in [2.75, 3.05) is 17.7 Å². The SMILES string of the molecule is COc1cccc(NC(=O)c2cncc(NCc3ccc(C)cc3)c2)c1. The summed E-state index contributed by atoms with van der Waals surface area (Å²) in [7, 11) is 1.59. The number of carbonyl (C=O) groups excluding carboxylic acids is 1. The van der Waals surface area contributed by atoms with Crippen LogP contribution in [0.25, 0.3) is 0 Å². The van der Waals surface area contributed by atoms with Crippen LogP contribution in [0.1, 0.15) is 21.5 Å². The topological polar surface area (TPSA) is 63.2 Å². The van der Waals surface area contributed by atoms with Gasteiger partial charge in [0.05, 0.1) is 18.4 Å². The third kappa shape index (κ3) is 4.60. The normalized spacial score (nSPS) is 10.2. The van der Waals surface area contributed by atoms with E-state index in [2.05, 4.69) is 46.8 Å². The Morgan fingerprint density at radius 2 is 1.85 bits per heavy atom. The van der Waals surface area contributed by atoms with E-state index in [1.807, 2.05) is 18.2 Å². The minimum absolute atomic E-state index is 0.218. The zero-order valence-corrected chi connectivity index (χ0v) is 14.8. The molecule has 0 fully saturated rings. The number of amides is 1. The molecule has 0 bridgehead atoms. The maximum Gasteiger partial charge on any atom is 0.257 e. The van der Waals surface area contributed by atoms with Gasteiger partial charge in [0, 0.05) is 30.7 Å². The highest BCUT2D eigenvalue weighted by molar-refractivity contribution is 6.04. The van der Waals surface area contributed by atoms with Crippen LogP contribution in [0, 0.1) is 6.92 Å². The van der Waals surface area contributed by atoms with Gasteiger partial charge in [-0.1, -0.05) is 35.9 Å². The third-order valence-electron chi connectivity index (χ3n) is 3.95. The Kier molecular flexibility index (Phi) is 5.49. The molecule has 0 unspecified atom stereocenters. The summed E-state index contributed by atoms with van der Waals surface area (Å²) in [6.45, 7) is 2.73. The molecule has 0 aliphatic rings. The van der Waals surface area contributed by atoms with Gasteiger partial charge in [0.25, 0.3) is 5.91 Å². The second-order valence-corrected chi connectivity index (χ2v) is 5.99. The third-order valence-corrected chi connectivity index (χ3v) is 3.95. The summed E-state index contributed by atoms with van der Waals surface area (Å²) < 4.78 is 5.17. The smallest absolute Gasteiger partial charge is 0.257 e. The first-order chi connectivity index (χ1) is 12.6. The fraction of sp³-hybridized carbons (Fsp3) is 0.143. The summed E-state index contributed by atoms with van der Waals surface area (Å²) in [5, 5.41) is 6.15. The molecule has 0 radical (unpaired) electrons. The molecule has 1 heterocycles. The molecule has 1 aromatic heterocycles. The lowest BCUT2D eigenvalue weighted by atomic mass is 10.1. The highest BCUT2D eigenvalue weighted by atomic mass is 16.5. The van der Waals surface area contributed by atoms with Gasteiger partial charge in [0.15, 0.2) is 0 Å². The van der Waals surface area contributed by atoms with Crippen LogP contribution in [0.5, 0.6) is 5.75 Å². The van der Waals surface area contributed by atoms with E-state index >= 15 is 0 Å². The molecule has 5 nitrogen and oxygen atoms in total. The number of rotatable bonds is 6.